The molecule has 0 radical (unpaired) electrons. The van der Waals surface area contributed by atoms with Gasteiger partial charge in [-0.3, -0.25) is 4.79 Å². The van der Waals surface area contributed by atoms with Gasteiger partial charge in [-0.25, -0.2) is 9.78 Å². The molecule has 1 atom stereocenters. The van der Waals surface area contributed by atoms with Crippen LogP contribution in [0.3, 0.4) is 0 Å². The molecule has 3 amide bonds. The number of nitrogens with one attached hydrogen (secondary N) is 2. The van der Waals surface area contributed by atoms with E-state index >= 15 is 0 Å². The molecule has 20 heavy (non-hydrogen) atoms. The van der Waals surface area contributed by atoms with Gasteiger partial charge in [0.1, 0.15) is 0 Å². The smallest absolute Gasteiger partial charge is 0.319 e. The molecule has 0 bridgehead atoms. The van der Waals surface area contributed by atoms with E-state index in [1.807, 2.05) is 0 Å². The van der Waals surface area contributed by atoms with Crippen molar-refractivity contribution in [2.75, 3.05) is 27.2 Å². The maximum Gasteiger partial charge on any atom is 0.319 e. The first-order valence-corrected chi connectivity index (χ1v) is 6.79. The topological polar surface area (TPSA) is 81.3 Å². The molecule has 110 valence electrons. The van der Waals surface area contributed by atoms with Gasteiger partial charge in [0.15, 0.2) is 0 Å². The fraction of sp³-hybridized carbons (Fsp3) is 0.615. The van der Waals surface area contributed by atoms with Gasteiger partial charge in [0.2, 0.25) is 5.91 Å². The molecule has 0 spiro atoms. The number of urea groups is 1. The van der Waals surface area contributed by atoms with Crippen LogP contribution in [0.15, 0.2) is 12.5 Å². The Balaban J connectivity index is 1.85. The van der Waals surface area contributed by atoms with E-state index in [0.717, 1.165) is 25.1 Å². The summed E-state index contributed by atoms with van der Waals surface area (Å²) in [6, 6.07) is -0.0314. The van der Waals surface area contributed by atoms with Gasteiger partial charge in [-0.15, -0.1) is 0 Å². The van der Waals surface area contributed by atoms with Gasteiger partial charge in [0, 0.05) is 33.4 Å². The van der Waals surface area contributed by atoms with E-state index in [2.05, 4.69) is 15.3 Å². The number of rotatable bonds is 3. The summed E-state index contributed by atoms with van der Waals surface area (Å²) in [5.74, 6) is -0.133. The molecule has 7 nitrogen and oxygen atoms in total. The lowest BCUT2D eigenvalue weighted by atomic mass is 9.97. The fourth-order valence-electron chi connectivity index (χ4n) is 2.36. The first-order chi connectivity index (χ1) is 9.58. The highest BCUT2D eigenvalue weighted by molar-refractivity contribution is 5.80. The first kappa shape index (κ1) is 14.4. The van der Waals surface area contributed by atoms with E-state index in [1.54, 1.807) is 36.4 Å². The van der Waals surface area contributed by atoms with Crippen molar-refractivity contribution in [3.8, 4) is 0 Å². The molecule has 7 heteroatoms. The van der Waals surface area contributed by atoms with Crippen molar-refractivity contribution in [2.45, 2.75) is 19.4 Å². The van der Waals surface area contributed by atoms with E-state index < -0.39 is 0 Å². The molecule has 2 heterocycles. The van der Waals surface area contributed by atoms with Crippen molar-refractivity contribution >= 4 is 11.9 Å². The molecule has 0 aromatic carbocycles. The van der Waals surface area contributed by atoms with Crippen molar-refractivity contribution < 1.29 is 9.59 Å². The number of aromatic amines is 1. The number of H-pyrrole nitrogens is 1. The maximum atomic E-state index is 12.1. The number of aromatic nitrogens is 2. The zero-order chi connectivity index (χ0) is 14.5. The molecular weight excluding hydrogens is 258 g/mol. The van der Waals surface area contributed by atoms with E-state index in [0.29, 0.717) is 13.1 Å². The van der Waals surface area contributed by atoms with Gasteiger partial charge < -0.3 is 20.1 Å². The van der Waals surface area contributed by atoms with Crippen LogP contribution < -0.4 is 5.32 Å². The van der Waals surface area contributed by atoms with Crippen LogP contribution in [0.1, 0.15) is 18.5 Å². The summed E-state index contributed by atoms with van der Waals surface area (Å²) in [4.78, 5) is 34.2. The summed E-state index contributed by atoms with van der Waals surface area (Å²) in [5, 5.41) is 2.88. The molecule has 1 saturated heterocycles. The lowest BCUT2D eigenvalue weighted by Gasteiger charge is -2.33. The molecule has 1 aromatic rings. The molecule has 2 N–H and O–H groups in total. The van der Waals surface area contributed by atoms with Crippen molar-refractivity contribution in [3.63, 3.8) is 0 Å². The minimum atomic E-state index is -0.129. The number of imidazole rings is 1. The summed E-state index contributed by atoms with van der Waals surface area (Å²) in [6.45, 7) is 1.66. The highest BCUT2D eigenvalue weighted by Crippen LogP contribution is 2.17. The Hall–Kier alpha value is -2.05. The van der Waals surface area contributed by atoms with E-state index in [4.69, 9.17) is 0 Å². The van der Waals surface area contributed by atoms with Gasteiger partial charge in [0.05, 0.1) is 24.5 Å². The first-order valence-electron chi connectivity index (χ1n) is 6.79. The van der Waals surface area contributed by atoms with Gasteiger partial charge >= 0.3 is 6.03 Å². The molecule has 1 fully saturated rings. The van der Waals surface area contributed by atoms with Crippen LogP contribution in [0.5, 0.6) is 0 Å². The SMILES string of the molecule is CN(C)C(=O)N1CCCC(C(=O)NCc2cnc[nH]2)C1. The number of carbonyl (C=O) groups excluding carboxylic acids is 2. The predicted octanol–water partition coefficient (Wildman–Crippen LogP) is 0.420. The number of hydrogen-bond acceptors (Lipinski definition) is 3. The Morgan fingerprint density at radius 1 is 1.55 bits per heavy atom. The van der Waals surface area contributed by atoms with Gasteiger partial charge in [-0.1, -0.05) is 0 Å². The standard InChI is InChI=1S/C13H21N5O2/c1-17(2)13(20)18-5-3-4-10(8-18)12(19)15-7-11-6-14-9-16-11/h6,9-10H,3-5,7-8H2,1-2H3,(H,14,16)(H,15,19). The lowest BCUT2D eigenvalue weighted by molar-refractivity contribution is -0.126. The Labute approximate surface area is 118 Å². The molecule has 1 aromatic heterocycles. The van der Waals surface area contributed by atoms with Gasteiger partial charge in [0.25, 0.3) is 0 Å². The summed E-state index contributed by atoms with van der Waals surface area (Å²) in [5.41, 5.74) is 0.871. The van der Waals surface area contributed by atoms with E-state index in [1.165, 1.54) is 0 Å². The van der Waals surface area contributed by atoms with Crippen molar-refractivity contribution in [1.29, 1.82) is 0 Å². The number of likely N-dealkylation sites (tertiary alicyclic amines) is 1. The molecule has 1 aliphatic heterocycles. The number of carbonyl (C=O) groups is 2. The van der Waals surface area contributed by atoms with Crippen LogP contribution in [-0.4, -0.2) is 58.9 Å². The van der Waals surface area contributed by atoms with Crippen molar-refractivity contribution in [2.24, 2.45) is 5.92 Å². The number of piperidine rings is 1. The van der Waals surface area contributed by atoms with Crippen LogP contribution in [0.4, 0.5) is 4.79 Å². The van der Waals surface area contributed by atoms with E-state index in [-0.39, 0.29) is 17.9 Å². The second-order valence-electron chi connectivity index (χ2n) is 5.26. The Bertz CT molecular complexity index is 457. The zero-order valence-electron chi connectivity index (χ0n) is 11.9. The largest absolute Gasteiger partial charge is 0.350 e. The minimum Gasteiger partial charge on any atom is -0.350 e. The average Bonchev–Trinajstić information content (AvgIpc) is 2.97. The van der Waals surface area contributed by atoms with Crippen LogP contribution in [0.25, 0.3) is 0 Å². The minimum absolute atomic E-state index is 0.00384. The van der Waals surface area contributed by atoms with E-state index in [9.17, 15) is 9.59 Å². The predicted molar refractivity (Wildman–Crippen MR) is 73.8 cm³/mol. The summed E-state index contributed by atoms with van der Waals surface area (Å²) in [7, 11) is 3.45. The van der Waals surface area contributed by atoms with Crippen LogP contribution in [-0.2, 0) is 11.3 Å². The number of hydrogen-bond donors (Lipinski definition) is 2. The second-order valence-corrected chi connectivity index (χ2v) is 5.26. The fourth-order valence-corrected chi connectivity index (χ4v) is 2.36. The third-order valence-corrected chi connectivity index (χ3v) is 3.45. The zero-order valence-corrected chi connectivity index (χ0v) is 11.9. The van der Waals surface area contributed by atoms with Crippen LogP contribution >= 0.6 is 0 Å². The number of nitrogens with zero attached hydrogens (tertiary/aromatic N) is 3. The molecular formula is C13H21N5O2. The quantitative estimate of drug-likeness (QED) is 0.841. The lowest BCUT2D eigenvalue weighted by Crippen LogP contribution is -2.48. The molecule has 2 rings (SSSR count). The van der Waals surface area contributed by atoms with Gasteiger partial charge in [-0.2, -0.15) is 0 Å². The second kappa shape index (κ2) is 6.40. The third kappa shape index (κ3) is 3.49. The Morgan fingerprint density at radius 3 is 3.00 bits per heavy atom. The molecule has 0 aliphatic carbocycles. The summed E-state index contributed by atoms with van der Waals surface area (Å²) >= 11 is 0. The monoisotopic (exact) mass is 279 g/mol. The van der Waals surface area contributed by atoms with Crippen molar-refractivity contribution in [1.82, 2.24) is 25.1 Å². The average molecular weight is 279 g/mol. The highest BCUT2D eigenvalue weighted by atomic mass is 16.2. The van der Waals surface area contributed by atoms with Crippen molar-refractivity contribution in [3.05, 3.63) is 18.2 Å². The Kier molecular flexibility index (Phi) is 4.60. The third-order valence-electron chi connectivity index (χ3n) is 3.45. The van der Waals surface area contributed by atoms with Crippen LogP contribution in [0.2, 0.25) is 0 Å². The Morgan fingerprint density at radius 2 is 2.35 bits per heavy atom. The summed E-state index contributed by atoms with van der Waals surface area (Å²) in [6.07, 6.45) is 4.95. The molecule has 1 unspecified atom stereocenters. The molecule has 0 saturated carbocycles. The highest BCUT2D eigenvalue weighted by Gasteiger charge is 2.28. The maximum absolute atomic E-state index is 12.1. The number of amides is 3. The normalized spacial score (nSPS) is 18.7. The molecule has 1 aliphatic rings. The van der Waals surface area contributed by atoms with Gasteiger partial charge in [-0.05, 0) is 12.8 Å². The summed E-state index contributed by atoms with van der Waals surface area (Å²) < 4.78 is 0. The van der Waals surface area contributed by atoms with Crippen LogP contribution in [0, 0.1) is 5.92 Å².